The van der Waals surface area contributed by atoms with Gasteiger partial charge in [0.1, 0.15) is 11.6 Å². The van der Waals surface area contributed by atoms with Gasteiger partial charge in [-0.1, -0.05) is 11.6 Å². The number of rotatable bonds is 6. The lowest BCUT2D eigenvalue weighted by molar-refractivity contribution is -0.143. The standard InChI is InChI=1S/C32H32ClF7N4O3/c1-30(2,18-8-19(31(35,36)37)10-20(9-18)32(38,39)40)29(46)42(3)27-13-41-28(12-25(27)24-5-4-21(34)11-26(24)33)44-15-23-17-47-7-6-43(23)14-22(44)16-45/h4-5,8-13,22-23,45H,6-7,14-17H2,1-3H3/t22-,23?/m0/s1. The highest BCUT2D eigenvalue weighted by molar-refractivity contribution is 6.33. The highest BCUT2D eigenvalue weighted by atomic mass is 35.5. The summed E-state index contributed by atoms with van der Waals surface area (Å²) in [5, 5.41) is 10.2. The Balaban J connectivity index is 1.59. The van der Waals surface area contributed by atoms with Crippen molar-refractivity contribution in [3.63, 3.8) is 0 Å². The van der Waals surface area contributed by atoms with E-state index in [1.165, 1.54) is 33.2 Å². The zero-order valence-electron chi connectivity index (χ0n) is 25.6. The van der Waals surface area contributed by atoms with Crippen LogP contribution in [0.1, 0.15) is 30.5 Å². The minimum absolute atomic E-state index is 0.00393. The average Bonchev–Trinajstić information content (AvgIpc) is 3.02. The molecule has 15 heteroatoms. The molecular formula is C32H32ClF7N4O3. The fourth-order valence-electron chi connectivity index (χ4n) is 6.03. The molecule has 1 unspecified atom stereocenters. The van der Waals surface area contributed by atoms with Crippen molar-refractivity contribution >= 4 is 29.0 Å². The SMILES string of the molecule is CN(C(=O)C(C)(C)c1cc(C(F)(F)F)cc(C(F)(F)F)c1)c1cnc(N2CC3COCCN3C[C@H]2CO)cc1-c1ccc(F)cc1Cl. The molecule has 5 rings (SSSR count). The van der Waals surface area contributed by atoms with Crippen LogP contribution in [0.4, 0.5) is 42.2 Å². The maximum Gasteiger partial charge on any atom is 0.416 e. The molecule has 2 saturated heterocycles. The first-order valence-electron chi connectivity index (χ1n) is 14.6. The first-order chi connectivity index (χ1) is 21.9. The van der Waals surface area contributed by atoms with Gasteiger partial charge in [0.2, 0.25) is 5.91 Å². The monoisotopic (exact) mass is 688 g/mol. The molecule has 0 aliphatic carbocycles. The molecule has 7 nitrogen and oxygen atoms in total. The largest absolute Gasteiger partial charge is 0.416 e. The number of aromatic nitrogens is 1. The lowest BCUT2D eigenvalue weighted by Crippen LogP contribution is -2.63. The van der Waals surface area contributed by atoms with Crippen LogP contribution in [0, 0.1) is 5.82 Å². The van der Waals surface area contributed by atoms with Crippen molar-refractivity contribution < 1.29 is 45.4 Å². The number of piperazine rings is 1. The summed E-state index contributed by atoms with van der Waals surface area (Å²) >= 11 is 6.46. The molecule has 2 atom stereocenters. The molecule has 2 aliphatic heterocycles. The number of hydrogen-bond donors (Lipinski definition) is 1. The molecule has 2 aliphatic rings. The number of carbonyl (C=O) groups is 1. The summed E-state index contributed by atoms with van der Waals surface area (Å²) in [5.74, 6) is -1.07. The third-order valence-electron chi connectivity index (χ3n) is 8.75. The Bertz CT molecular complexity index is 1620. The van der Waals surface area contributed by atoms with Crippen LogP contribution in [0.2, 0.25) is 5.02 Å². The molecule has 2 fully saturated rings. The predicted octanol–water partition coefficient (Wildman–Crippen LogP) is 6.40. The van der Waals surface area contributed by atoms with Crippen LogP contribution in [-0.2, 0) is 27.3 Å². The minimum Gasteiger partial charge on any atom is -0.394 e. The molecule has 0 saturated carbocycles. The maximum absolute atomic E-state index is 14.1. The van der Waals surface area contributed by atoms with Crippen LogP contribution in [0.5, 0.6) is 0 Å². The number of amides is 1. The number of anilines is 2. The first-order valence-corrected chi connectivity index (χ1v) is 15.0. The number of hydrogen-bond acceptors (Lipinski definition) is 6. The number of likely N-dealkylation sites (N-methyl/N-ethyl adjacent to an activating group) is 1. The number of carbonyl (C=O) groups excluding carboxylic acids is 1. The quantitative estimate of drug-likeness (QED) is 0.303. The molecule has 2 aromatic carbocycles. The summed E-state index contributed by atoms with van der Waals surface area (Å²) in [7, 11) is 1.31. The molecular weight excluding hydrogens is 657 g/mol. The van der Waals surface area contributed by atoms with Gasteiger partial charge in [0.05, 0.1) is 65.4 Å². The van der Waals surface area contributed by atoms with Gasteiger partial charge >= 0.3 is 12.4 Å². The van der Waals surface area contributed by atoms with Crippen molar-refractivity contribution in [3.05, 3.63) is 76.2 Å². The molecule has 3 heterocycles. The zero-order chi connectivity index (χ0) is 34.5. The summed E-state index contributed by atoms with van der Waals surface area (Å²) in [4.78, 5) is 23.8. The summed E-state index contributed by atoms with van der Waals surface area (Å²) < 4.78 is 102. The van der Waals surface area contributed by atoms with Crippen LogP contribution >= 0.6 is 11.6 Å². The topological polar surface area (TPSA) is 69.1 Å². The molecule has 0 bridgehead atoms. The van der Waals surface area contributed by atoms with Gasteiger partial charge in [-0.25, -0.2) is 9.37 Å². The Morgan fingerprint density at radius 3 is 2.23 bits per heavy atom. The van der Waals surface area contributed by atoms with E-state index in [-0.39, 0.29) is 35.5 Å². The Labute approximate surface area is 271 Å². The Kier molecular flexibility index (Phi) is 9.54. The fourth-order valence-corrected chi connectivity index (χ4v) is 6.30. The van der Waals surface area contributed by atoms with E-state index in [0.29, 0.717) is 61.9 Å². The number of morpholine rings is 1. The number of aliphatic hydroxyl groups is 1. The van der Waals surface area contributed by atoms with Crippen LogP contribution < -0.4 is 9.80 Å². The fraction of sp³-hybridized carbons (Fsp3) is 0.438. The number of pyridine rings is 1. The van der Waals surface area contributed by atoms with Crippen LogP contribution in [-0.4, -0.2) is 79.5 Å². The highest BCUT2D eigenvalue weighted by Gasteiger charge is 2.42. The smallest absolute Gasteiger partial charge is 0.394 e. The highest BCUT2D eigenvalue weighted by Crippen LogP contribution is 2.42. The van der Waals surface area contributed by atoms with Crippen molar-refractivity contribution in [1.82, 2.24) is 9.88 Å². The van der Waals surface area contributed by atoms with Gasteiger partial charge in [-0.2, -0.15) is 26.3 Å². The number of benzene rings is 2. The van der Waals surface area contributed by atoms with Gasteiger partial charge in [0.25, 0.3) is 0 Å². The third-order valence-corrected chi connectivity index (χ3v) is 9.06. The molecule has 0 spiro atoms. The maximum atomic E-state index is 14.1. The van der Waals surface area contributed by atoms with E-state index in [9.17, 15) is 40.6 Å². The summed E-state index contributed by atoms with van der Waals surface area (Å²) in [6.45, 7) is 5.00. The van der Waals surface area contributed by atoms with E-state index >= 15 is 0 Å². The van der Waals surface area contributed by atoms with Crippen molar-refractivity contribution in [2.24, 2.45) is 0 Å². The number of halogens is 8. The van der Waals surface area contributed by atoms with E-state index in [2.05, 4.69) is 9.88 Å². The second-order valence-electron chi connectivity index (χ2n) is 12.2. The predicted molar refractivity (Wildman–Crippen MR) is 162 cm³/mol. The van der Waals surface area contributed by atoms with Gasteiger partial charge in [0.15, 0.2) is 0 Å². The normalized spacial score (nSPS) is 19.4. The third kappa shape index (κ3) is 7.06. The Morgan fingerprint density at radius 1 is 1.00 bits per heavy atom. The molecule has 1 N–H and O–H groups in total. The number of nitrogens with zero attached hydrogens (tertiary/aromatic N) is 4. The van der Waals surface area contributed by atoms with E-state index in [1.54, 1.807) is 6.07 Å². The lowest BCUT2D eigenvalue weighted by Gasteiger charge is -2.48. The van der Waals surface area contributed by atoms with Crippen LogP contribution in [0.15, 0.2) is 48.7 Å². The van der Waals surface area contributed by atoms with Crippen molar-refractivity contribution in [2.45, 2.75) is 43.7 Å². The minimum atomic E-state index is -5.10. The first kappa shape index (κ1) is 34.9. The van der Waals surface area contributed by atoms with Crippen molar-refractivity contribution in [1.29, 1.82) is 0 Å². The molecule has 0 radical (unpaired) electrons. The molecule has 47 heavy (non-hydrogen) atoms. The van der Waals surface area contributed by atoms with Gasteiger partial charge in [-0.3, -0.25) is 9.69 Å². The van der Waals surface area contributed by atoms with E-state index in [4.69, 9.17) is 16.3 Å². The van der Waals surface area contributed by atoms with Gasteiger partial charge in [-0.15, -0.1) is 0 Å². The molecule has 1 aromatic heterocycles. The second-order valence-corrected chi connectivity index (χ2v) is 12.6. The summed E-state index contributed by atoms with van der Waals surface area (Å²) in [5.41, 5.74) is -4.77. The lowest BCUT2D eigenvalue weighted by atomic mass is 9.81. The molecule has 1 amide bonds. The van der Waals surface area contributed by atoms with Crippen LogP contribution in [0.25, 0.3) is 11.1 Å². The summed E-state index contributed by atoms with van der Waals surface area (Å²) in [6.07, 6.45) is -8.87. The van der Waals surface area contributed by atoms with E-state index in [1.807, 2.05) is 4.90 Å². The average molecular weight is 689 g/mol. The second kappa shape index (κ2) is 12.9. The van der Waals surface area contributed by atoms with Gasteiger partial charge in [-0.05, 0) is 61.9 Å². The van der Waals surface area contributed by atoms with E-state index in [0.717, 1.165) is 17.0 Å². The van der Waals surface area contributed by atoms with Gasteiger partial charge < -0.3 is 19.6 Å². The Hall–Kier alpha value is -3.46. The number of aliphatic hydroxyl groups excluding tert-OH is 1. The Morgan fingerprint density at radius 2 is 1.64 bits per heavy atom. The van der Waals surface area contributed by atoms with E-state index < -0.39 is 46.2 Å². The zero-order valence-corrected chi connectivity index (χ0v) is 26.3. The molecule has 3 aromatic rings. The number of fused-ring (bicyclic) bond motifs is 1. The van der Waals surface area contributed by atoms with Crippen molar-refractivity contribution in [3.8, 4) is 11.1 Å². The van der Waals surface area contributed by atoms with Crippen LogP contribution in [0.3, 0.4) is 0 Å². The number of ether oxygens (including phenoxy) is 1. The molecule has 254 valence electrons. The van der Waals surface area contributed by atoms with Crippen molar-refractivity contribution in [2.75, 3.05) is 56.3 Å². The van der Waals surface area contributed by atoms with Gasteiger partial charge in [0, 0.05) is 37.8 Å². The number of alkyl halides is 6. The summed E-state index contributed by atoms with van der Waals surface area (Å²) in [6, 6.07) is 5.97.